The Kier molecular flexibility index (Phi) is 3.75. The van der Waals surface area contributed by atoms with E-state index < -0.39 is 15.5 Å². The van der Waals surface area contributed by atoms with Gasteiger partial charge in [-0.3, -0.25) is 4.21 Å². The van der Waals surface area contributed by atoms with Crippen molar-refractivity contribution in [2.75, 3.05) is 0 Å². The van der Waals surface area contributed by atoms with Crippen molar-refractivity contribution in [1.29, 1.82) is 0 Å². The Labute approximate surface area is 103 Å². The van der Waals surface area contributed by atoms with Crippen molar-refractivity contribution in [3.63, 3.8) is 0 Å². The highest BCUT2D eigenvalue weighted by molar-refractivity contribution is 7.86. The van der Waals surface area contributed by atoms with E-state index in [0.29, 0.717) is 0 Å². The van der Waals surface area contributed by atoms with Gasteiger partial charge in [-0.1, -0.05) is 48.5 Å². The topological polar surface area (TPSA) is 17.1 Å². The van der Waals surface area contributed by atoms with Gasteiger partial charge in [0.05, 0.1) is 10.8 Å². The molecule has 16 heavy (non-hydrogen) atoms. The standard InChI is InChI=1S/C13H11ClOS/c14-13(11-7-3-1-4-8-11)16(15)12-9-5-2-6-10-12/h1-10,13H/t13-,16+/m1/s1. The molecule has 3 heteroatoms. The van der Waals surface area contributed by atoms with Gasteiger partial charge in [-0.05, 0) is 17.7 Å². The monoisotopic (exact) mass is 250 g/mol. The van der Waals surface area contributed by atoms with E-state index in [2.05, 4.69) is 0 Å². The van der Waals surface area contributed by atoms with E-state index in [9.17, 15) is 4.21 Å². The molecule has 2 atom stereocenters. The first-order chi connectivity index (χ1) is 7.79. The van der Waals surface area contributed by atoms with E-state index >= 15 is 0 Å². The molecule has 0 spiro atoms. The molecule has 0 fully saturated rings. The van der Waals surface area contributed by atoms with Crippen molar-refractivity contribution in [3.8, 4) is 0 Å². The van der Waals surface area contributed by atoms with Crippen LogP contribution in [0.25, 0.3) is 0 Å². The molecule has 0 amide bonds. The maximum atomic E-state index is 12.1. The smallest absolute Gasteiger partial charge is 0.138 e. The first-order valence-electron chi connectivity index (χ1n) is 4.93. The normalized spacial score (nSPS) is 14.3. The second-order valence-electron chi connectivity index (χ2n) is 3.34. The van der Waals surface area contributed by atoms with Crippen LogP contribution in [0.1, 0.15) is 10.3 Å². The fraction of sp³-hybridized carbons (Fsp3) is 0.0769. The van der Waals surface area contributed by atoms with E-state index in [4.69, 9.17) is 11.6 Å². The summed E-state index contributed by atoms with van der Waals surface area (Å²) in [7, 11) is -1.21. The summed E-state index contributed by atoms with van der Waals surface area (Å²) in [5, 5.41) is 0. The highest BCUT2D eigenvalue weighted by atomic mass is 35.5. The summed E-state index contributed by atoms with van der Waals surface area (Å²) in [6.45, 7) is 0. The summed E-state index contributed by atoms with van der Waals surface area (Å²) in [4.78, 5) is 0.756. The van der Waals surface area contributed by atoms with E-state index in [0.717, 1.165) is 10.5 Å². The summed E-state index contributed by atoms with van der Waals surface area (Å²) in [6.07, 6.45) is 0. The molecule has 0 unspecified atom stereocenters. The van der Waals surface area contributed by atoms with Crippen LogP contribution in [0.3, 0.4) is 0 Å². The Hall–Kier alpha value is -1.12. The summed E-state index contributed by atoms with van der Waals surface area (Å²) in [5.74, 6) is 0. The quantitative estimate of drug-likeness (QED) is 0.759. The third kappa shape index (κ3) is 2.52. The van der Waals surface area contributed by atoms with Crippen LogP contribution >= 0.6 is 11.6 Å². The molecule has 0 saturated carbocycles. The third-order valence-corrected chi connectivity index (χ3v) is 4.35. The van der Waals surface area contributed by atoms with Gasteiger partial charge in [0.2, 0.25) is 0 Å². The summed E-state index contributed by atoms with van der Waals surface area (Å²) in [5.41, 5.74) is 0.881. The fourth-order valence-electron chi connectivity index (χ4n) is 1.40. The van der Waals surface area contributed by atoms with Crippen molar-refractivity contribution in [2.24, 2.45) is 0 Å². The molecule has 1 nitrogen and oxygen atoms in total. The van der Waals surface area contributed by atoms with Crippen molar-refractivity contribution in [1.82, 2.24) is 0 Å². The average molecular weight is 251 g/mol. The number of benzene rings is 2. The first kappa shape index (κ1) is 11.4. The molecule has 2 aromatic carbocycles. The van der Waals surface area contributed by atoms with Crippen LogP contribution in [0, 0.1) is 0 Å². The Morgan fingerprint density at radius 1 is 0.875 bits per heavy atom. The van der Waals surface area contributed by atoms with E-state index in [-0.39, 0.29) is 0 Å². The van der Waals surface area contributed by atoms with Crippen LogP contribution in [-0.2, 0) is 10.8 Å². The molecule has 0 bridgehead atoms. The predicted molar refractivity (Wildman–Crippen MR) is 67.9 cm³/mol. The fourth-order valence-corrected chi connectivity index (χ4v) is 2.92. The Balaban J connectivity index is 2.24. The molecular formula is C13H11ClOS. The molecular weight excluding hydrogens is 240 g/mol. The minimum absolute atomic E-state index is 0.497. The highest BCUT2D eigenvalue weighted by Crippen LogP contribution is 2.28. The third-order valence-electron chi connectivity index (χ3n) is 2.23. The molecule has 0 aliphatic rings. The van der Waals surface area contributed by atoms with Crippen molar-refractivity contribution in [2.45, 2.75) is 9.60 Å². The van der Waals surface area contributed by atoms with Gasteiger partial charge in [0, 0.05) is 4.90 Å². The molecule has 2 aromatic rings. The van der Waals surface area contributed by atoms with E-state index in [1.54, 1.807) is 0 Å². The van der Waals surface area contributed by atoms with E-state index in [1.165, 1.54) is 0 Å². The van der Waals surface area contributed by atoms with E-state index in [1.807, 2.05) is 60.7 Å². The van der Waals surface area contributed by atoms with Gasteiger partial charge in [-0.25, -0.2) is 0 Å². The second kappa shape index (κ2) is 5.28. The molecule has 0 N–H and O–H groups in total. The molecule has 0 aliphatic heterocycles. The van der Waals surface area contributed by atoms with Crippen molar-refractivity contribution in [3.05, 3.63) is 66.2 Å². The Bertz CT molecular complexity index is 470. The first-order valence-corrected chi connectivity index (χ1v) is 6.58. The zero-order valence-electron chi connectivity index (χ0n) is 8.55. The Morgan fingerprint density at radius 2 is 1.38 bits per heavy atom. The van der Waals surface area contributed by atoms with Gasteiger partial charge in [0.1, 0.15) is 4.71 Å². The number of hydrogen-bond acceptors (Lipinski definition) is 1. The SMILES string of the molecule is O=[S@@](c1ccccc1)[C@@H](Cl)c1ccccc1. The zero-order valence-corrected chi connectivity index (χ0v) is 10.1. The van der Waals surface area contributed by atoms with Crippen molar-refractivity contribution >= 4 is 22.4 Å². The minimum atomic E-state index is -1.21. The number of rotatable bonds is 3. The van der Waals surface area contributed by atoms with Crippen molar-refractivity contribution < 1.29 is 4.21 Å². The van der Waals surface area contributed by atoms with Gasteiger partial charge >= 0.3 is 0 Å². The van der Waals surface area contributed by atoms with Gasteiger partial charge in [0.15, 0.2) is 0 Å². The molecule has 2 rings (SSSR count). The molecule has 0 radical (unpaired) electrons. The number of halogens is 1. The lowest BCUT2D eigenvalue weighted by Crippen LogP contribution is -2.00. The molecule has 0 heterocycles. The van der Waals surface area contributed by atoms with Gasteiger partial charge in [-0.15, -0.1) is 11.6 Å². The summed E-state index contributed by atoms with van der Waals surface area (Å²) in [6, 6.07) is 18.8. The molecule has 0 aromatic heterocycles. The molecule has 0 aliphatic carbocycles. The van der Waals surface area contributed by atoms with Crippen LogP contribution in [-0.4, -0.2) is 4.21 Å². The lowest BCUT2D eigenvalue weighted by Gasteiger charge is -2.09. The lowest BCUT2D eigenvalue weighted by molar-refractivity contribution is 0.681. The summed E-state index contributed by atoms with van der Waals surface area (Å²) >= 11 is 6.19. The zero-order chi connectivity index (χ0) is 11.4. The van der Waals surface area contributed by atoms with Gasteiger partial charge < -0.3 is 0 Å². The Morgan fingerprint density at radius 3 is 1.94 bits per heavy atom. The van der Waals surface area contributed by atoms with Crippen LogP contribution in [0.2, 0.25) is 0 Å². The largest absolute Gasteiger partial charge is 0.252 e. The molecule has 0 saturated heterocycles. The summed E-state index contributed by atoms with van der Waals surface area (Å²) < 4.78 is 11.6. The highest BCUT2D eigenvalue weighted by Gasteiger charge is 2.16. The van der Waals surface area contributed by atoms with Gasteiger partial charge in [-0.2, -0.15) is 0 Å². The average Bonchev–Trinajstić information content (AvgIpc) is 2.39. The van der Waals surface area contributed by atoms with Crippen LogP contribution < -0.4 is 0 Å². The van der Waals surface area contributed by atoms with Crippen LogP contribution in [0.5, 0.6) is 0 Å². The molecule has 82 valence electrons. The number of alkyl halides is 1. The second-order valence-corrected chi connectivity index (χ2v) is 5.57. The minimum Gasteiger partial charge on any atom is -0.252 e. The van der Waals surface area contributed by atoms with Crippen LogP contribution in [0.4, 0.5) is 0 Å². The van der Waals surface area contributed by atoms with Crippen LogP contribution in [0.15, 0.2) is 65.6 Å². The maximum Gasteiger partial charge on any atom is 0.138 e. The number of hydrogen-bond donors (Lipinski definition) is 0. The lowest BCUT2D eigenvalue weighted by atomic mass is 10.2. The maximum absolute atomic E-state index is 12.1. The van der Waals surface area contributed by atoms with Gasteiger partial charge in [0.25, 0.3) is 0 Å². The predicted octanol–water partition coefficient (Wildman–Crippen LogP) is 3.73.